The molecule has 2 heterocycles. The Morgan fingerprint density at radius 2 is 2.00 bits per heavy atom. The van der Waals surface area contributed by atoms with Crippen LogP contribution in [-0.4, -0.2) is 9.97 Å². The maximum Gasteiger partial charge on any atom is 0.263 e. The van der Waals surface area contributed by atoms with Crippen LogP contribution in [0.4, 0.5) is 0 Å². The van der Waals surface area contributed by atoms with Crippen molar-refractivity contribution in [2.75, 3.05) is 0 Å². The largest absolute Gasteiger partial charge is 0.431 e. The highest BCUT2D eigenvalue weighted by Crippen LogP contribution is 2.28. The number of fused-ring (bicyclic) bond motifs is 1. The van der Waals surface area contributed by atoms with Crippen LogP contribution >= 0.6 is 27.7 Å². The van der Waals surface area contributed by atoms with Gasteiger partial charge in [-0.1, -0.05) is 12.1 Å². The van der Waals surface area contributed by atoms with Crippen LogP contribution in [0.2, 0.25) is 0 Å². The lowest BCUT2D eigenvalue weighted by atomic mass is 10.3. The second-order valence-electron chi connectivity index (χ2n) is 3.36. The van der Waals surface area contributed by atoms with Crippen LogP contribution in [0.15, 0.2) is 61.7 Å². The molecule has 84 valence electrons. The molecule has 0 bridgehead atoms. The normalized spacial score (nSPS) is 10.9. The van der Waals surface area contributed by atoms with Gasteiger partial charge in [0, 0.05) is 10.7 Å². The number of para-hydroxylation sites is 2. The van der Waals surface area contributed by atoms with Gasteiger partial charge in [-0.3, -0.25) is 0 Å². The van der Waals surface area contributed by atoms with Crippen LogP contribution in [0.1, 0.15) is 0 Å². The van der Waals surface area contributed by atoms with Crippen molar-refractivity contribution >= 4 is 38.8 Å². The van der Waals surface area contributed by atoms with Gasteiger partial charge in [-0.2, -0.15) is 0 Å². The molecule has 3 aromatic rings. The van der Waals surface area contributed by atoms with E-state index in [2.05, 4.69) is 25.9 Å². The highest BCUT2D eigenvalue weighted by molar-refractivity contribution is 9.10. The maximum absolute atomic E-state index is 5.60. The molecule has 5 heteroatoms. The van der Waals surface area contributed by atoms with Gasteiger partial charge in [-0.05, 0) is 52.0 Å². The molecule has 0 aliphatic rings. The van der Waals surface area contributed by atoms with Gasteiger partial charge in [0.2, 0.25) is 0 Å². The van der Waals surface area contributed by atoms with Crippen molar-refractivity contribution in [3.8, 4) is 0 Å². The lowest BCUT2D eigenvalue weighted by molar-refractivity contribution is 0.489. The summed E-state index contributed by atoms with van der Waals surface area (Å²) >= 11 is 4.76. The van der Waals surface area contributed by atoms with Crippen LogP contribution in [0.25, 0.3) is 11.1 Å². The first-order chi connectivity index (χ1) is 8.31. The summed E-state index contributed by atoms with van der Waals surface area (Å²) in [7, 11) is 0. The van der Waals surface area contributed by atoms with E-state index in [4.69, 9.17) is 4.42 Å². The predicted molar refractivity (Wildman–Crippen MR) is 70.1 cm³/mol. The number of aromatic nitrogens is 2. The zero-order chi connectivity index (χ0) is 11.7. The van der Waals surface area contributed by atoms with Gasteiger partial charge in [0.1, 0.15) is 10.5 Å². The van der Waals surface area contributed by atoms with Crippen LogP contribution in [0.3, 0.4) is 0 Å². The Hall–Kier alpha value is -1.33. The maximum atomic E-state index is 5.60. The van der Waals surface area contributed by atoms with Crippen molar-refractivity contribution < 1.29 is 4.42 Å². The molecular formula is C12H7BrN2OS. The topological polar surface area (TPSA) is 38.9 Å². The Morgan fingerprint density at radius 3 is 2.76 bits per heavy atom. The second kappa shape index (κ2) is 4.50. The quantitative estimate of drug-likeness (QED) is 0.713. The summed E-state index contributed by atoms with van der Waals surface area (Å²) in [6.45, 7) is 0. The summed E-state index contributed by atoms with van der Waals surface area (Å²) in [5.41, 5.74) is 1.67. The number of pyridine rings is 1. The third-order valence-electron chi connectivity index (χ3n) is 2.17. The minimum absolute atomic E-state index is 0.612. The SMILES string of the molecule is Brc1ccc(Sc2nc3ccccc3o2)nc1. The molecule has 17 heavy (non-hydrogen) atoms. The smallest absolute Gasteiger partial charge is 0.263 e. The number of hydrogen-bond acceptors (Lipinski definition) is 4. The van der Waals surface area contributed by atoms with E-state index in [0.29, 0.717) is 5.22 Å². The zero-order valence-corrected chi connectivity index (χ0v) is 11.0. The summed E-state index contributed by atoms with van der Waals surface area (Å²) < 4.78 is 6.56. The molecule has 3 nitrogen and oxygen atoms in total. The first-order valence-electron chi connectivity index (χ1n) is 4.96. The Kier molecular flexibility index (Phi) is 2.86. The molecule has 0 N–H and O–H groups in total. The molecule has 3 rings (SSSR count). The third-order valence-corrected chi connectivity index (χ3v) is 3.44. The summed E-state index contributed by atoms with van der Waals surface area (Å²) in [5, 5.41) is 1.47. The molecule has 0 radical (unpaired) electrons. The fourth-order valence-electron chi connectivity index (χ4n) is 1.41. The molecule has 1 aromatic carbocycles. The fourth-order valence-corrected chi connectivity index (χ4v) is 2.34. The highest BCUT2D eigenvalue weighted by atomic mass is 79.9. The first kappa shape index (κ1) is 10.8. The van der Waals surface area contributed by atoms with Crippen LogP contribution in [0.5, 0.6) is 0 Å². The van der Waals surface area contributed by atoms with Gasteiger partial charge >= 0.3 is 0 Å². The number of hydrogen-bond donors (Lipinski definition) is 0. The average Bonchev–Trinajstić information content (AvgIpc) is 2.74. The standard InChI is InChI=1S/C12H7BrN2OS/c13-8-5-6-11(14-7-8)17-12-15-9-3-1-2-4-10(9)16-12/h1-7H. The van der Waals surface area contributed by atoms with Crippen LogP contribution < -0.4 is 0 Å². The summed E-state index contributed by atoms with van der Waals surface area (Å²) in [5.74, 6) is 0. The molecular weight excluding hydrogens is 300 g/mol. The minimum atomic E-state index is 0.612. The van der Waals surface area contributed by atoms with Gasteiger partial charge in [0.25, 0.3) is 5.22 Å². The van der Waals surface area contributed by atoms with Gasteiger partial charge in [-0.25, -0.2) is 9.97 Å². The van der Waals surface area contributed by atoms with E-state index in [1.165, 1.54) is 11.8 Å². The van der Waals surface area contributed by atoms with E-state index in [9.17, 15) is 0 Å². The van der Waals surface area contributed by atoms with Crippen molar-refractivity contribution in [1.29, 1.82) is 0 Å². The molecule has 0 aliphatic heterocycles. The number of nitrogens with zero attached hydrogens (tertiary/aromatic N) is 2. The Bertz CT molecular complexity index is 618. The number of halogens is 1. The predicted octanol–water partition coefficient (Wildman–Crippen LogP) is 4.14. The number of oxazole rings is 1. The fraction of sp³-hybridized carbons (Fsp3) is 0. The molecule has 0 amide bonds. The average molecular weight is 307 g/mol. The summed E-state index contributed by atoms with van der Waals surface area (Å²) in [4.78, 5) is 8.63. The molecule has 0 spiro atoms. The summed E-state index contributed by atoms with van der Waals surface area (Å²) in [6, 6.07) is 11.6. The molecule has 0 saturated heterocycles. The monoisotopic (exact) mass is 306 g/mol. The number of rotatable bonds is 2. The van der Waals surface area contributed by atoms with E-state index >= 15 is 0 Å². The van der Waals surface area contributed by atoms with E-state index in [-0.39, 0.29) is 0 Å². The minimum Gasteiger partial charge on any atom is -0.431 e. The van der Waals surface area contributed by atoms with Crippen molar-refractivity contribution in [2.45, 2.75) is 10.2 Å². The van der Waals surface area contributed by atoms with Crippen LogP contribution in [0, 0.1) is 0 Å². The Labute approximate surface area is 110 Å². The molecule has 2 aromatic heterocycles. The third kappa shape index (κ3) is 2.35. The van der Waals surface area contributed by atoms with Crippen molar-refractivity contribution in [2.24, 2.45) is 0 Å². The second-order valence-corrected chi connectivity index (χ2v) is 5.25. The zero-order valence-electron chi connectivity index (χ0n) is 8.63. The lowest BCUT2D eigenvalue weighted by Gasteiger charge is -1.95. The van der Waals surface area contributed by atoms with E-state index in [0.717, 1.165) is 20.6 Å². The van der Waals surface area contributed by atoms with E-state index < -0.39 is 0 Å². The molecule has 0 saturated carbocycles. The van der Waals surface area contributed by atoms with Gasteiger partial charge < -0.3 is 4.42 Å². The van der Waals surface area contributed by atoms with Crippen molar-refractivity contribution in [1.82, 2.24) is 9.97 Å². The molecule has 0 aliphatic carbocycles. The van der Waals surface area contributed by atoms with Crippen molar-refractivity contribution in [3.05, 3.63) is 47.1 Å². The van der Waals surface area contributed by atoms with E-state index in [1.54, 1.807) is 6.20 Å². The van der Waals surface area contributed by atoms with E-state index in [1.807, 2.05) is 36.4 Å². The van der Waals surface area contributed by atoms with Gasteiger partial charge in [-0.15, -0.1) is 0 Å². The van der Waals surface area contributed by atoms with Crippen molar-refractivity contribution in [3.63, 3.8) is 0 Å². The summed E-state index contributed by atoms with van der Waals surface area (Å²) in [6.07, 6.45) is 1.75. The van der Waals surface area contributed by atoms with Crippen LogP contribution in [-0.2, 0) is 0 Å². The molecule has 0 atom stereocenters. The number of benzene rings is 1. The Balaban J connectivity index is 1.92. The van der Waals surface area contributed by atoms with Gasteiger partial charge in [0.05, 0.1) is 0 Å². The van der Waals surface area contributed by atoms with Gasteiger partial charge in [0.15, 0.2) is 5.58 Å². The Morgan fingerprint density at radius 1 is 1.12 bits per heavy atom. The first-order valence-corrected chi connectivity index (χ1v) is 6.57. The highest BCUT2D eigenvalue weighted by Gasteiger charge is 2.07. The molecule has 0 fully saturated rings. The molecule has 0 unspecified atom stereocenters. The lowest BCUT2D eigenvalue weighted by Crippen LogP contribution is -1.78.